The van der Waals surface area contributed by atoms with Crippen LogP contribution in [0.2, 0.25) is 0 Å². The number of quaternary nitrogens is 1. The van der Waals surface area contributed by atoms with E-state index in [0.29, 0.717) is 11.1 Å². The molecule has 250 valence electrons. The van der Waals surface area contributed by atoms with Crippen LogP contribution in [0.5, 0.6) is 0 Å². The number of carbonyl (C=O) groups excluding carboxylic acids is 2. The third-order valence-corrected chi connectivity index (χ3v) is 8.78. The van der Waals surface area contributed by atoms with E-state index in [0.717, 1.165) is 35.1 Å². The average Bonchev–Trinajstić information content (AvgIpc) is 3.39. The van der Waals surface area contributed by atoms with Gasteiger partial charge in [0.05, 0.1) is 27.7 Å². The first-order valence-corrected chi connectivity index (χ1v) is 16.6. The van der Waals surface area contributed by atoms with E-state index in [1.54, 1.807) is 0 Å². The number of fused-ring (bicyclic) bond motifs is 3. The third kappa shape index (κ3) is 10.4. The van der Waals surface area contributed by atoms with Gasteiger partial charge >= 0.3 is 0 Å². The molecular weight excluding hydrogens is 578 g/mol. The molecule has 47 heavy (non-hydrogen) atoms. The van der Waals surface area contributed by atoms with Crippen molar-refractivity contribution in [2.45, 2.75) is 79.6 Å². The van der Waals surface area contributed by atoms with E-state index in [1.165, 1.54) is 78.5 Å². The topological polar surface area (TPSA) is 58.2 Å². The van der Waals surface area contributed by atoms with E-state index in [9.17, 15) is 9.59 Å². The monoisotopic (exact) mass is 634 g/mol. The van der Waals surface area contributed by atoms with Crippen LogP contribution in [-0.4, -0.2) is 44.0 Å². The van der Waals surface area contributed by atoms with Crippen molar-refractivity contribution < 1.29 is 14.1 Å². The molecular formula is C42H56N3O2+. The van der Waals surface area contributed by atoms with Crippen molar-refractivity contribution in [1.82, 2.24) is 0 Å². The van der Waals surface area contributed by atoms with Gasteiger partial charge < -0.3 is 15.1 Å². The van der Waals surface area contributed by atoms with Gasteiger partial charge in [-0.15, -0.1) is 0 Å². The summed E-state index contributed by atoms with van der Waals surface area (Å²) in [6, 6.07) is 28.0. The summed E-state index contributed by atoms with van der Waals surface area (Å²) in [6.07, 6.45) is 10.5. The molecule has 5 heteroatoms. The van der Waals surface area contributed by atoms with Crippen LogP contribution in [0, 0.1) is 0 Å². The molecule has 0 unspecified atom stereocenters. The first-order chi connectivity index (χ1) is 21.7. The van der Waals surface area contributed by atoms with Crippen molar-refractivity contribution >= 4 is 23.2 Å². The van der Waals surface area contributed by atoms with E-state index in [1.807, 2.05) is 48.5 Å². The highest BCUT2D eigenvalue weighted by molar-refractivity contribution is 6.05. The average molecular weight is 635 g/mol. The van der Waals surface area contributed by atoms with E-state index in [4.69, 9.17) is 0 Å². The van der Waals surface area contributed by atoms with Crippen LogP contribution in [-0.2, 0) is 19.3 Å². The normalized spacial score (nSPS) is 11.5. The molecule has 0 bridgehead atoms. The Balaban J connectivity index is 0.00000300. The minimum absolute atomic E-state index is 0. The lowest BCUT2D eigenvalue weighted by atomic mass is 10.0. The van der Waals surface area contributed by atoms with Gasteiger partial charge in [0.25, 0.3) is 11.8 Å². The summed E-state index contributed by atoms with van der Waals surface area (Å²) in [5.74, 6) is -0.203. The van der Waals surface area contributed by atoms with Crippen LogP contribution < -0.4 is 10.6 Å². The van der Waals surface area contributed by atoms with Crippen molar-refractivity contribution in [1.29, 1.82) is 0 Å². The first-order valence-electron chi connectivity index (χ1n) is 16.6. The summed E-state index contributed by atoms with van der Waals surface area (Å²) >= 11 is 0. The van der Waals surface area contributed by atoms with Crippen molar-refractivity contribution in [3.63, 3.8) is 0 Å². The maximum atomic E-state index is 13.0. The fourth-order valence-electron chi connectivity index (χ4n) is 6.11. The molecule has 0 aromatic heterocycles. The fraction of sp³-hybridized carbons (Fsp3) is 0.381. The number of carbonyl (C=O) groups is 2. The number of hydrogen-bond acceptors (Lipinski definition) is 2. The highest BCUT2D eigenvalue weighted by Crippen LogP contribution is 2.39. The molecule has 5 nitrogen and oxygen atoms in total. The summed E-state index contributed by atoms with van der Waals surface area (Å²) in [7, 11) is 6.78. The first kappa shape index (κ1) is 37.2. The smallest absolute Gasteiger partial charge is 0.255 e. The second-order valence-corrected chi connectivity index (χ2v) is 13.5. The molecule has 2 amide bonds. The Bertz CT molecular complexity index is 1620. The Kier molecular flexibility index (Phi) is 13.5. The number of benzene rings is 4. The number of rotatable bonds is 14. The van der Waals surface area contributed by atoms with Gasteiger partial charge in [0.1, 0.15) is 0 Å². The summed E-state index contributed by atoms with van der Waals surface area (Å²) in [5, 5.41) is 6.13. The molecule has 0 heterocycles. The van der Waals surface area contributed by atoms with Crippen molar-refractivity contribution in [3.05, 3.63) is 118 Å². The molecule has 0 aliphatic heterocycles. The zero-order chi connectivity index (χ0) is 31.8. The lowest BCUT2D eigenvalue weighted by molar-refractivity contribution is -0.870. The predicted octanol–water partition coefficient (Wildman–Crippen LogP) is 10.2. The highest BCUT2D eigenvalue weighted by atomic mass is 16.2. The van der Waals surface area contributed by atoms with Crippen LogP contribution in [0.25, 0.3) is 11.1 Å². The molecule has 5 rings (SSSR count). The minimum Gasteiger partial charge on any atom is -0.331 e. The lowest BCUT2D eigenvalue weighted by Gasteiger charge is -2.23. The van der Waals surface area contributed by atoms with Gasteiger partial charge in [-0.25, -0.2) is 0 Å². The third-order valence-electron chi connectivity index (χ3n) is 8.78. The molecule has 0 spiro atoms. The molecule has 4 aromatic carbocycles. The molecule has 0 fully saturated rings. The largest absolute Gasteiger partial charge is 0.331 e. The van der Waals surface area contributed by atoms with Gasteiger partial charge in [0.2, 0.25) is 0 Å². The SMILES string of the molecule is C.C.CCc1ccc(C(=O)Nc2ccc3c(c2)Cc2cc(NC(=O)c4ccc(CCCCCCCC[N+](C)(C)C)cc4)ccc2-3)cc1. The number of anilines is 2. The second-order valence-electron chi connectivity index (χ2n) is 13.5. The molecule has 0 saturated heterocycles. The lowest BCUT2D eigenvalue weighted by Crippen LogP contribution is -2.35. The van der Waals surface area contributed by atoms with Crippen LogP contribution in [0.15, 0.2) is 84.9 Å². The maximum absolute atomic E-state index is 13.0. The zero-order valence-corrected chi connectivity index (χ0v) is 27.4. The van der Waals surface area contributed by atoms with Crippen molar-refractivity contribution in [2.75, 3.05) is 38.3 Å². The molecule has 0 atom stereocenters. The maximum Gasteiger partial charge on any atom is 0.255 e. The number of unbranched alkanes of at least 4 members (excludes halogenated alkanes) is 5. The Morgan fingerprint density at radius 1 is 0.596 bits per heavy atom. The van der Waals surface area contributed by atoms with Gasteiger partial charge in [-0.05, 0) is 120 Å². The number of amides is 2. The Morgan fingerprint density at radius 2 is 1.04 bits per heavy atom. The van der Waals surface area contributed by atoms with Crippen LogP contribution in [0.1, 0.15) is 103 Å². The van der Waals surface area contributed by atoms with Gasteiger partial charge in [0.15, 0.2) is 0 Å². The summed E-state index contributed by atoms with van der Waals surface area (Å²) in [5.41, 5.74) is 10.1. The molecule has 4 aromatic rings. The summed E-state index contributed by atoms with van der Waals surface area (Å²) in [6.45, 7) is 3.35. The molecule has 0 saturated carbocycles. The number of nitrogens with one attached hydrogen (secondary N) is 2. The molecule has 0 radical (unpaired) electrons. The number of hydrogen-bond donors (Lipinski definition) is 2. The van der Waals surface area contributed by atoms with Crippen LogP contribution >= 0.6 is 0 Å². The van der Waals surface area contributed by atoms with Gasteiger partial charge in [-0.1, -0.05) is 77.4 Å². The molecule has 1 aliphatic rings. The van der Waals surface area contributed by atoms with Gasteiger partial charge in [-0.2, -0.15) is 0 Å². The van der Waals surface area contributed by atoms with Gasteiger partial charge in [0, 0.05) is 22.5 Å². The van der Waals surface area contributed by atoms with Crippen LogP contribution in [0.3, 0.4) is 0 Å². The number of aryl methyl sites for hydroxylation is 2. The van der Waals surface area contributed by atoms with Crippen molar-refractivity contribution in [3.8, 4) is 11.1 Å². The minimum atomic E-state index is -0.108. The second kappa shape index (κ2) is 17.1. The molecule has 1 aliphatic carbocycles. The highest BCUT2D eigenvalue weighted by Gasteiger charge is 2.20. The summed E-state index contributed by atoms with van der Waals surface area (Å²) < 4.78 is 1.05. The predicted molar refractivity (Wildman–Crippen MR) is 201 cm³/mol. The standard InChI is InChI=1S/C40H47N3O2.2CH4/c1-5-29-13-17-31(18-14-29)39(44)41-35-21-23-37-33(27-35)26-34-28-36(22-24-38(34)37)42-40(45)32-19-15-30(16-20-32)12-10-8-6-7-9-11-25-43(2,3)4;;/h13-24,27-28H,5-12,25-26H2,1-4H3,(H-,41,42,44,45);2*1H4/p+1. The molecule has 2 N–H and O–H groups in total. The van der Waals surface area contributed by atoms with E-state index in [2.05, 4.69) is 75.1 Å². The zero-order valence-electron chi connectivity index (χ0n) is 27.4. The van der Waals surface area contributed by atoms with E-state index >= 15 is 0 Å². The van der Waals surface area contributed by atoms with Crippen molar-refractivity contribution in [2.24, 2.45) is 0 Å². The van der Waals surface area contributed by atoms with Gasteiger partial charge in [-0.3, -0.25) is 9.59 Å². The Morgan fingerprint density at radius 3 is 1.51 bits per heavy atom. The number of nitrogens with zero attached hydrogens (tertiary/aromatic N) is 1. The fourth-order valence-corrected chi connectivity index (χ4v) is 6.11. The van der Waals surface area contributed by atoms with E-state index in [-0.39, 0.29) is 26.7 Å². The quantitative estimate of drug-likeness (QED) is 0.0943. The van der Waals surface area contributed by atoms with E-state index < -0.39 is 0 Å². The van der Waals surface area contributed by atoms with Crippen LogP contribution in [0.4, 0.5) is 11.4 Å². The Labute approximate surface area is 284 Å². The Hall–Kier alpha value is -4.22. The summed E-state index contributed by atoms with van der Waals surface area (Å²) in [4.78, 5) is 25.8.